The molecule has 16 heavy (non-hydrogen) atoms. The van der Waals surface area contributed by atoms with Gasteiger partial charge in [0.1, 0.15) is 12.4 Å². The quantitative estimate of drug-likeness (QED) is 0.851. The number of hydrogen-bond acceptors (Lipinski definition) is 3. The highest BCUT2D eigenvalue weighted by atomic mass is 16.6. The Hall–Kier alpha value is -1.71. The first-order chi connectivity index (χ1) is 7.65. The lowest BCUT2D eigenvalue weighted by Crippen LogP contribution is -2.18. The third-order valence-corrected chi connectivity index (χ3v) is 2.33. The number of benzene rings is 1. The fraction of sp³-hybridized carbons (Fsp3) is 0.417. The standard InChI is InChI=1S/C12H15NO3/c1-8(2)16-10-5-3-9(4-6-10)11-7-15-12(14)13-11/h3-6,8,11H,7H2,1-2H3,(H,13,14)/t11-/m0/s1. The zero-order chi connectivity index (χ0) is 11.5. The fourth-order valence-corrected chi connectivity index (χ4v) is 1.62. The Kier molecular flexibility index (Phi) is 2.99. The number of carbonyl (C=O) groups is 1. The van der Waals surface area contributed by atoms with Crippen LogP contribution in [0.2, 0.25) is 0 Å². The second kappa shape index (κ2) is 4.43. The zero-order valence-electron chi connectivity index (χ0n) is 9.40. The average molecular weight is 221 g/mol. The van der Waals surface area contributed by atoms with Gasteiger partial charge in [0, 0.05) is 0 Å². The molecule has 1 atom stereocenters. The van der Waals surface area contributed by atoms with E-state index in [1.54, 1.807) is 0 Å². The van der Waals surface area contributed by atoms with Crippen LogP contribution in [0.1, 0.15) is 25.5 Å². The van der Waals surface area contributed by atoms with Crippen molar-refractivity contribution in [2.45, 2.75) is 26.0 Å². The molecule has 1 amide bonds. The zero-order valence-corrected chi connectivity index (χ0v) is 9.40. The maximum Gasteiger partial charge on any atom is 0.407 e. The van der Waals surface area contributed by atoms with E-state index in [0.717, 1.165) is 11.3 Å². The smallest absolute Gasteiger partial charge is 0.407 e. The van der Waals surface area contributed by atoms with Crippen molar-refractivity contribution in [3.05, 3.63) is 29.8 Å². The molecule has 0 unspecified atom stereocenters. The van der Waals surface area contributed by atoms with Gasteiger partial charge in [-0.05, 0) is 31.5 Å². The lowest BCUT2D eigenvalue weighted by atomic mass is 10.1. The van der Waals surface area contributed by atoms with Crippen LogP contribution in [0.15, 0.2) is 24.3 Å². The Balaban J connectivity index is 2.04. The van der Waals surface area contributed by atoms with E-state index in [1.165, 1.54) is 0 Å². The van der Waals surface area contributed by atoms with Crippen LogP contribution in [0.3, 0.4) is 0 Å². The van der Waals surface area contributed by atoms with E-state index in [2.05, 4.69) is 5.32 Å². The van der Waals surface area contributed by atoms with Crippen LogP contribution in [0.4, 0.5) is 4.79 Å². The summed E-state index contributed by atoms with van der Waals surface area (Å²) in [6.45, 7) is 4.36. The predicted molar refractivity (Wildman–Crippen MR) is 59.4 cm³/mol. The van der Waals surface area contributed by atoms with Crippen LogP contribution in [0.25, 0.3) is 0 Å². The molecule has 1 aromatic rings. The summed E-state index contributed by atoms with van der Waals surface area (Å²) in [5.74, 6) is 0.837. The molecule has 2 rings (SSSR count). The summed E-state index contributed by atoms with van der Waals surface area (Å²) in [6, 6.07) is 7.65. The molecule has 86 valence electrons. The monoisotopic (exact) mass is 221 g/mol. The predicted octanol–water partition coefficient (Wildman–Crippen LogP) is 2.25. The van der Waals surface area contributed by atoms with E-state index >= 15 is 0 Å². The van der Waals surface area contributed by atoms with Crippen molar-refractivity contribution in [3.63, 3.8) is 0 Å². The van der Waals surface area contributed by atoms with Gasteiger partial charge in [0.25, 0.3) is 0 Å². The number of amides is 1. The Morgan fingerprint density at radius 1 is 1.38 bits per heavy atom. The van der Waals surface area contributed by atoms with Gasteiger partial charge in [-0.15, -0.1) is 0 Å². The maximum absolute atomic E-state index is 10.9. The van der Waals surface area contributed by atoms with Gasteiger partial charge in [0.2, 0.25) is 0 Å². The molecule has 1 aliphatic rings. The molecule has 1 aliphatic heterocycles. The van der Waals surface area contributed by atoms with Crippen molar-refractivity contribution in [1.82, 2.24) is 5.32 Å². The van der Waals surface area contributed by atoms with Crippen molar-refractivity contribution in [3.8, 4) is 5.75 Å². The molecule has 0 spiro atoms. The van der Waals surface area contributed by atoms with Crippen LogP contribution >= 0.6 is 0 Å². The van der Waals surface area contributed by atoms with Crippen LogP contribution in [0.5, 0.6) is 5.75 Å². The third kappa shape index (κ3) is 2.45. The van der Waals surface area contributed by atoms with Gasteiger partial charge < -0.3 is 14.8 Å². The highest BCUT2D eigenvalue weighted by molar-refractivity contribution is 5.70. The van der Waals surface area contributed by atoms with E-state index in [4.69, 9.17) is 9.47 Å². The molecule has 0 bridgehead atoms. The molecule has 1 N–H and O–H groups in total. The second-order valence-corrected chi connectivity index (χ2v) is 4.03. The van der Waals surface area contributed by atoms with E-state index < -0.39 is 0 Å². The minimum Gasteiger partial charge on any atom is -0.491 e. The lowest BCUT2D eigenvalue weighted by Gasteiger charge is -2.11. The Labute approximate surface area is 94.6 Å². The van der Waals surface area contributed by atoms with Crippen molar-refractivity contribution in [2.75, 3.05) is 6.61 Å². The van der Waals surface area contributed by atoms with E-state index in [0.29, 0.717) is 6.61 Å². The molecule has 1 fully saturated rings. The van der Waals surface area contributed by atoms with Gasteiger partial charge in [0.15, 0.2) is 0 Å². The van der Waals surface area contributed by atoms with E-state index in [9.17, 15) is 4.79 Å². The highest BCUT2D eigenvalue weighted by Gasteiger charge is 2.23. The number of alkyl carbamates (subject to hydrolysis) is 1. The van der Waals surface area contributed by atoms with Crippen molar-refractivity contribution in [2.24, 2.45) is 0 Å². The second-order valence-electron chi connectivity index (χ2n) is 4.03. The van der Waals surface area contributed by atoms with Gasteiger partial charge >= 0.3 is 6.09 Å². The van der Waals surface area contributed by atoms with Crippen molar-refractivity contribution < 1.29 is 14.3 Å². The minimum atomic E-state index is -0.354. The van der Waals surface area contributed by atoms with Crippen LogP contribution in [-0.2, 0) is 4.74 Å². The average Bonchev–Trinajstić information content (AvgIpc) is 2.65. The maximum atomic E-state index is 10.9. The summed E-state index contributed by atoms with van der Waals surface area (Å²) >= 11 is 0. The molecule has 4 nitrogen and oxygen atoms in total. The topological polar surface area (TPSA) is 47.6 Å². The molecule has 1 heterocycles. The summed E-state index contributed by atoms with van der Waals surface area (Å²) in [6.07, 6.45) is -0.187. The fourth-order valence-electron chi connectivity index (χ4n) is 1.62. The lowest BCUT2D eigenvalue weighted by molar-refractivity contribution is 0.177. The SMILES string of the molecule is CC(C)Oc1ccc([C@@H]2COC(=O)N2)cc1. The van der Waals surface area contributed by atoms with Crippen molar-refractivity contribution in [1.29, 1.82) is 0 Å². The summed E-state index contributed by atoms with van der Waals surface area (Å²) in [7, 11) is 0. The number of ether oxygens (including phenoxy) is 2. The third-order valence-electron chi connectivity index (χ3n) is 2.33. The van der Waals surface area contributed by atoms with Gasteiger partial charge in [-0.3, -0.25) is 0 Å². The number of rotatable bonds is 3. The molecular weight excluding hydrogens is 206 g/mol. The van der Waals surface area contributed by atoms with Crippen LogP contribution < -0.4 is 10.1 Å². The molecule has 1 aromatic carbocycles. The van der Waals surface area contributed by atoms with Crippen molar-refractivity contribution >= 4 is 6.09 Å². The number of cyclic esters (lactones) is 1. The first-order valence-electron chi connectivity index (χ1n) is 5.35. The Morgan fingerprint density at radius 2 is 2.06 bits per heavy atom. The summed E-state index contributed by atoms with van der Waals surface area (Å²) in [5.41, 5.74) is 1.03. The van der Waals surface area contributed by atoms with Crippen LogP contribution in [0, 0.1) is 0 Å². The number of hydrogen-bond donors (Lipinski definition) is 1. The summed E-state index contributed by atoms with van der Waals surface area (Å²) in [5, 5.41) is 2.73. The summed E-state index contributed by atoms with van der Waals surface area (Å²) in [4.78, 5) is 10.9. The van der Waals surface area contributed by atoms with Crippen LogP contribution in [-0.4, -0.2) is 18.8 Å². The van der Waals surface area contributed by atoms with Gasteiger partial charge in [-0.1, -0.05) is 12.1 Å². The van der Waals surface area contributed by atoms with E-state index in [-0.39, 0.29) is 18.2 Å². The molecule has 1 saturated heterocycles. The van der Waals surface area contributed by atoms with Gasteiger partial charge in [-0.25, -0.2) is 4.79 Å². The Bertz CT molecular complexity index is 372. The number of carbonyl (C=O) groups excluding carboxylic acids is 1. The highest BCUT2D eigenvalue weighted by Crippen LogP contribution is 2.21. The molecule has 4 heteroatoms. The molecule has 0 saturated carbocycles. The Morgan fingerprint density at radius 3 is 2.56 bits per heavy atom. The molecule has 0 aliphatic carbocycles. The van der Waals surface area contributed by atoms with Gasteiger partial charge in [-0.2, -0.15) is 0 Å². The molecular formula is C12H15NO3. The minimum absolute atomic E-state index is 0.0411. The van der Waals surface area contributed by atoms with E-state index in [1.807, 2.05) is 38.1 Å². The van der Waals surface area contributed by atoms with Gasteiger partial charge in [0.05, 0.1) is 12.1 Å². The molecule has 0 aromatic heterocycles. The first kappa shape index (κ1) is 10.8. The normalized spacial score (nSPS) is 19.4. The molecule has 0 radical (unpaired) electrons. The largest absolute Gasteiger partial charge is 0.491 e. The number of nitrogens with one attached hydrogen (secondary N) is 1. The summed E-state index contributed by atoms with van der Waals surface area (Å²) < 4.78 is 10.4. The first-order valence-corrected chi connectivity index (χ1v) is 5.35.